The van der Waals surface area contributed by atoms with Crippen molar-refractivity contribution in [2.45, 2.75) is 6.92 Å². The summed E-state index contributed by atoms with van der Waals surface area (Å²) in [4.78, 5) is 24.6. The number of carbonyl (C=O) groups excluding carboxylic acids is 1. The molecule has 3 aromatic rings. The quantitative estimate of drug-likeness (QED) is 0.663. The van der Waals surface area contributed by atoms with E-state index in [0.717, 1.165) is 10.9 Å². The molecule has 2 N–H and O–H groups in total. The first-order valence-electron chi connectivity index (χ1n) is 8.38. The Balaban J connectivity index is 1.88. The highest BCUT2D eigenvalue weighted by Gasteiger charge is 2.13. The molecule has 0 atom stereocenters. The molecule has 0 fully saturated rings. The molecular formula is C19H17FN4O4S. The van der Waals surface area contributed by atoms with Gasteiger partial charge in [-0.15, -0.1) is 0 Å². The first-order valence-corrected chi connectivity index (χ1v) is 10.3. The number of rotatable bonds is 5. The second kappa shape index (κ2) is 7.84. The van der Waals surface area contributed by atoms with E-state index in [0.29, 0.717) is 22.6 Å². The first kappa shape index (κ1) is 20.2. The van der Waals surface area contributed by atoms with Gasteiger partial charge in [-0.3, -0.25) is 14.3 Å². The van der Waals surface area contributed by atoms with Crippen LogP contribution in [0.25, 0.3) is 5.69 Å². The molecule has 0 aliphatic heterocycles. The van der Waals surface area contributed by atoms with Crippen LogP contribution < -0.4 is 15.6 Å². The number of nitrogens with one attached hydrogen (secondary N) is 2. The van der Waals surface area contributed by atoms with E-state index in [1.165, 1.54) is 42.5 Å². The minimum absolute atomic E-state index is 0.0490. The van der Waals surface area contributed by atoms with Crippen molar-refractivity contribution in [3.8, 4) is 5.69 Å². The zero-order valence-electron chi connectivity index (χ0n) is 15.5. The van der Waals surface area contributed by atoms with Crippen LogP contribution in [0.2, 0.25) is 0 Å². The summed E-state index contributed by atoms with van der Waals surface area (Å²) < 4.78 is 39.4. The van der Waals surface area contributed by atoms with Gasteiger partial charge in [0.15, 0.2) is 0 Å². The van der Waals surface area contributed by atoms with Crippen LogP contribution in [-0.2, 0) is 10.0 Å². The first-order chi connectivity index (χ1) is 13.6. The lowest BCUT2D eigenvalue weighted by Gasteiger charge is -2.11. The number of nitrogens with zero attached hydrogens (tertiary/aromatic N) is 2. The van der Waals surface area contributed by atoms with Crippen molar-refractivity contribution in [3.63, 3.8) is 0 Å². The van der Waals surface area contributed by atoms with Crippen LogP contribution in [-0.4, -0.2) is 30.4 Å². The number of sulfonamides is 1. The molecule has 29 heavy (non-hydrogen) atoms. The van der Waals surface area contributed by atoms with Crippen molar-refractivity contribution in [3.05, 3.63) is 82.0 Å². The molecule has 1 heterocycles. The molecule has 0 saturated heterocycles. The third-order valence-corrected chi connectivity index (χ3v) is 4.49. The smallest absolute Gasteiger partial charge is 0.276 e. The van der Waals surface area contributed by atoms with Gasteiger partial charge >= 0.3 is 0 Å². The van der Waals surface area contributed by atoms with E-state index in [9.17, 15) is 22.4 Å². The summed E-state index contributed by atoms with van der Waals surface area (Å²) in [5, 5.41) is 6.63. The van der Waals surface area contributed by atoms with Crippen LogP contribution in [0.1, 0.15) is 16.1 Å². The van der Waals surface area contributed by atoms with E-state index in [4.69, 9.17) is 0 Å². The Morgan fingerprint density at radius 1 is 1.07 bits per heavy atom. The number of anilines is 2. The maximum atomic E-state index is 13.1. The lowest BCUT2D eigenvalue weighted by Crippen LogP contribution is -2.25. The van der Waals surface area contributed by atoms with Crippen molar-refractivity contribution >= 4 is 27.3 Å². The number of halogens is 1. The second-order valence-corrected chi connectivity index (χ2v) is 8.05. The largest absolute Gasteiger partial charge is 0.321 e. The number of benzene rings is 2. The molecule has 2 aromatic carbocycles. The number of hydrogen-bond acceptors (Lipinski definition) is 5. The SMILES string of the molecule is Cc1ccc(NC(=O)c2ccc(=O)n(-c3ccc(F)cc3)n2)cc1NS(C)(=O)=O. The Labute approximate surface area is 166 Å². The molecule has 0 saturated carbocycles. The molecule has 1 aromatic heterocycles. The van der Waals surface area contributed by atoms with Crippen molar-refractivity contribution in [2.24, 2.45) is 0 Å². The molecule has 0 spiro atoms. The maximum absolute atomic E-state index is 13.1. The van der Waals surface area contributed by atoms with E-state index < -0.39 is 27.3 Å². The number of aryl methyl sites for hydroxylation is 1. The fourth-order valence-electron chi connectivity index (χ4n) is 2.50. The van der Waals surface area contributed by atoms with Crippen molar-refractivity contribution in [2.75, 3.05) is 16.3 Å². The predicted molar refractivity (Wildman–Crippen MR) is 107 cm³/mol. The number of amides is 1. The van der Waals surface area contributed by atoms with Gasteiger partial charge in [0.1, 0.15) is 11.5 Å². The Hall–Kier alpha value is -3.53. The lowest BCUT2D eigenvalue weighted by atomic mass is 10.2. The van der Waals surface area contributed by atoms with Crippen LogP contribution in [0, 0.1) is 12.7 Å². The fourth-order valence-corrected chi connectivity index (χ4v) is 3.12. The standard InChI is InChI=1S/C19H17FN4O4S/c1-12-3-6-14(11-17(12)23-29(2,27)28)21-19(26)16-9-10-18(25)24(22-16)15-7-4-13(20)5-8-15/h3-11,23H,1-2H3,(H,21,26). The summed E-state index contributed by atoms with van der Waals surface area (Å²) in [6.07, 6.45) is 1.03. The normalized spacial score (nSPS) is 11.1. The van der Waals surface area contributed by atoms with Crippen LogP contribution >= 0.6 is 0 Å². The molecule has 0 aliphatic carbocycles. The molecule has 0 radical (unpaired) electrons. The van der Waals surface area contributed by atoms with Crippen molar-refractivity contribution in [1.29, 1.82) is 0 Å². The van der Waals surface area contributed by atoms with Gasteiger partial charge in [0.2, 0.25) is 10.0 Å². The monoisotopic (exact) mass is 416 g/mol. The van der Waals surface area contributed by atoms with Crippen molar-refractivity contribution in [1.82, 2.24) is 9.78 Å². The van der Waals surface area contributed by atoms with E-state index in [2.05, 4.69) is 15.1 Å². The second-order valence-electron chi connectivity index (χ2n) is 6.30. The third-order valence-electron chi connectivity index (χ3n) is 3.89. The van der Waals surface area contributed by atoms with Gasteiger partial charge in [-0.1, -0.05) is 6.07 Å². The highest BCUT2D eigenvalue weighted by molar-refractivity contribution is 7.92. The minimum atomic E-state index is -3.48. The molecule has 0 bridgehead atoms. The highest BCUT2D eigenvalue weighted by atomic mass is 32.2. The Kier molecular flexibility index (Phi) is 5.46. The summed E-state index contributed by atoms with van der Waals surface area (Å²) in [6.45, 7) is 1.72. The van der Waals surface area contributed by atoms with E-state index in [-0.39, 0.29) is 5.69 Å². The summed E-state index contributed by atoms with van der Waals surface area (Å²) in [5.41, 5.74) is 1.12. The fraction of sp³-hybridized carbons (Fsp3) is 0.105. The van der Waals surface area contributed by atoms with Gasteiger partial charge in [0.25, 0.3) is 11.5 Å². The van der Waals surface area contributed by atoms with Gasteiger partial charge in [-0.2, -0.15) is 9.78 Å². The molecule has 10 heteroatoms. The van der Waals surface area contributed by atoms with E-state index in [1.54, 1.807) is 19.1 Å². The highest BCUT2D eigenvalue weighted by Crippen LogP contribution is 2.21. The third kappa shape index (κ3) is 5.05. The van der Waals surface area contributed by atoms with E-state index in [1.807, 2.05) is 0 Å². The molecule has 0 aliphatic rings. The van der Waals surface area contributed by atoms with Crippen LogP contribution in [0.15, 0.2) is 59.4 Å². The van der Waals surface area contributed by atoms with Gasteiger partial charge in [0.05, 0.1) is 17.6 Å². The number of aromatic nitrogens is 2. The minimum Gasteiger partial charge on any atom is -0.321 e. The van der Waals surface area contributed by atoms with Gasteiger partial charge < -0.3 is 5.32 Å². The lowest BCUT2D eigenvalue weighted by molar-refractivity contribution is 0.102. The molecule has 8 nitrogen and oxygen atoms in total. The number of carbonyl (C=O) groups is 1. The average molecular weight is 416 g/mol. The van der Waals surface area contributed by atoms with Crippen LogP contribution in [0.4, 0.5) is 15.8 Å². The Morgan fingerprint density at radius 2 is 1.76 bits per heavy atom. The van der Waals surface area contributed by atoms with Gasteiger partial charge in [-0.25, -0.2) is 12.8 Å². The van der Waals surface area contributed by atoms with Crippen LogP contribution in [0.3, 0.4) is 0 Å². The van der Waals surface area contributed by atoms with Gasteiger partial charge in [0, 0.05) is 11.8 Å². The maximum Gasteiger partial charge on any atom is 0.276 e. The summed E-state index contributed by atoms with van der Waals surface area (Å²) in [7, 11) is -3.48. The molecule has 1 amide bonds. The van der Waals surface area contributed by atoms with Crippen molar-refractivity contribution < 1.29 is 17.6 Å². The molecular weight excluding hydrogens is 399 g/mol. The number of hydrogen-bond donors (Lipinski definition) is 2. The molecule has 150 valence electrons. The topological polar surface area (TPSA) is 110 Å². The predicted octanol–water partition coefficient (Wildman–Crippen LogP) is 2.30. The zero-order chi connectivity index (χ0) is 21.2. The summed E-state index contributed by atoms with van der Waals surface area (Å²) >= 11 is 0. The average Bonchev–Trinajstić information content (AvgIpc) is 2.64. The summed E-state index contributed by atoms with van der Waals surface area (Å²) in [6, 6.07) is 12.3. The van der Waals surface area contributed by atoms with Crippen LogP contribution in [0.5, 0.6) is 0 Å². The zero-order valence-corrected chi connectivity index (χ0v) is 16.3. The molecule has 3 rings (SSSR count). The Bertz CT molecular complexity index is 1240. The Morgan fingerprint density at radius 3 is 2.41 bits per heavy atom. The summed E-state index contributed by atoms with van der Waals surface area (Å²) in [5.74, 6) is -1.07. The van der Waals surface area contributed by atoms with E-state index >= 15 is 0 Å². The van der Waals surface area contributed by atoms with Gasteiger partial charge in [-0.05, 0) is 55.0 Å². The molecule has 0 unspecified atom stereocenters.